The average Bonchev–Trinajstić information content (AvgIpc) is 3.63. The predicted octanol–water partition coefficient (Wildman–Crippen LogP) is 4.65. The van der Waals surface area contributed by atoms with Gasteiger partial charge in [0.05, 0.1) is 29.8 Å². The zero-order valence-corrected chi connectivity index (χ0v) is 24.0. The van der Waals surface area contributed by atoms with Gasteiger partial charge in [-0.05, 0) is 70.7 Å². The molecule has 0 bridgehead atoms. The average molecular weight is 570 g/mol. The number of ether oxygens (including phenoxy) is 1. The zero-order chi connectivity index (χ0) is 28.6. The predicted molar refractivity (Wildman–Crippen MR) is 155 cm³/mol. The lowest BCUT2D eigenvalue weighted by Gasteiger charge is -2.41. The zero-order valence-electron chi connectivity index (χ0n) is 24.0. The van der Waals surface area contributed by atoms with Crippen molar-refractivity contribution in [3.63, 3.8) is 0 Å². The highest BCUT2D eigenvalue weighted by Crippen LogP contribution is 2.39. The molecule has 1 aliphatic carbocycles. The summed E-state index contributed by atoms with van der Waals surface area (Å²) in [5, 5.41) is 14.1. The van der Waals surface area contributed by atoms with Gasteiger partial charge >= 0.3 is 0 Å². The normalized spacial score (nSPS) is 23.1. The molecule has 0 amide bonds. The van der Waals surface area contributed by atoms with Crippen molar-refractivity contribution in [1.82, 2.24) is 24.4 Å². The molecule has 2 aromatic heterocycles. The second-order valence-corrected chi connectivity index (χ2v) is 12.2. The highest BCUT2D eigenvalue weighted by atomic mass is 19.3. The Morgan fingerprint density at radius 3 is 2.46 bits per heavy atom. The molecule has 1 saturated carbocycles. The minimum absolute atomic E-state index is 0.323. The van der Waals surface area contributed by atoms with E-state index in [1.165, 1.54) is 11.0 Å². The van der Waals surface area contributed by atoms with Gasteiger partial charge < -0.3 is 20.1 Å². The number of piperidine rings is 1. The molecule has 3 aliphatic rings. The van der Waals surface area contributed by atoms with E-state index in [2.05, 4.69) is 20.1 Å². The van der Waals surface area contributed by atoms with Gasteiger partial charge in [0.15, 0.2) is 5.82 Å². The van der Waals surface area contributed by atoms with Crippen LogP contribution in [0, 0.1) is 11.8 Å². The van der Waals surface area contributed by atoms with Crippen molar-refractivity contribution in [3.8, 4) is 5.82 Å². The number of aromatic nitrogens is 4. The summed E-state index contributed by atoms with van der Waals surface area (Å²) in [6.45, 7) is 9.17. The Labute approximate surface area is 239 Å². The largest absolute Gasteiger partial charge is 0.390 e. The number of hydrogen-bond acceptors (Lipinski definition) is 8. The number of anilines is 2. The first-order chi connectivity index (χ1) is 19.8. The van der Waals surface area contributed by atoms with Crippen molar-refractivity contribution in [1.29, 1.82) is 0 Å². The lowest BCUT2D eigenvalue weighted by Crippen LogP contribution is -2.49. The SMILES string of the molecule is CC(C)(O)C1CCCC1N1CCC(CNc2nc(N3CCOCC3)cc(-n3c(C(F)F)nc4ccccc43)n2)CC1. The molecule has 11 heteroatoms. The number of aliphatic hydroxyl groups is 1. The van der Waals surface area contributed by atoms with E-state index in [9.17, 15) is 13.9 Å². The minimum Gasteiger partial charge on any atom is -0.390 e. The Morgan fingerprint density at radius 1 is 1.00 bits per heavy atom. The van der Waals surface area contributed by atoms with E-state index >= 15 is 0 Å². The second kappa shape index (κ2) is 11.8. The number of para-hydroxylation sites is 2. The first-order valence-electron chi connectivity index (χ1n) is 15.0. The molecular formula is C30H41F2N7O2. The van der Waals surface area contributed by atoms with Crippen LogP contribution in [0.5, 0.6) is 0 Å². The maximum absolute atomic E-state index is 14.1. The summed E-state index contributed by atoms with van der Waals surface area (Å²) in [5.74, 6) is 1.95. The fraction of sp³-hybridized carbons (Fsp3) is 0.633. The van der Waals surface area contributed by atoms with E-state index in [1.807, 2.05) is 19.9 Å². The van der Waals surface area contributed by atoms with Crippen LogP contribution in [0.3, 0.4) is 0 Å². The lowest BCUT2D eigenvalue weighted by molar-refractivity contribution is -0.0228. The summed E-state index contributed by atoms with van der Waals surface area (Å²) in [6.07, 6.45) is 2.79. The van der Waals surface area contributed by atoms with Crippen molar-refractivity contribution in [2.24, 2.45) is 11.8 Å². The number of alkyl halides is 2. The number of nitrogens with zero attached hydrogens (tertiary/aromatic N) is 6. The standard InChI is InChI=1S/C30H41F2N7O2/c1-30(2,40)21-6-5-9-23(21)37-12-10-20(11-13-37)19-33-29-35-25(38-14-16-41-17-15-38)18-26(36-29)39-24-8-4-3-7-22(24)34-28(39)27(31)32/h3-4,7-8,18,20-21,23,27,40H,5-6,9-17,19H2,1-2H3,(H,33,35,36). The third-order valence-corrected chi connectivity index (χ3v) is 9.10. The van der Waals surface area contributed by atoms with Crippen LogP contribution in [0.1, 0.15) is 58.2 Å². The summed E-state index contributed by atoms with van der Waals surface area (Å²) in [5.41, 5.74) is 0.443. The highest BCUT2D eigenvalue weighted by Gasteiger charge is 2.41. The molecular weight excluding hydrogens is 528 g/mol. The van der Waals surface area contributed by atoms with E-state index in [0.29, 0.717) is 79.3 Å². The van der Waals surface area contributed by atoms with Crippen LogP contribution in [-0.2, 0) is 4.74 Å². The third-order valence-electron chi connectivity index (χ3n) is 9.10. The molecule has 0 radical (unpaired) electrons. The highest BCUT2D eigenvalue weighted by molar-refractivity contribution is 5.78. The Bertz CT molecular complexity index is 1330. The van der Waals surface area contributed by atoms with Crippen LogP contribution >= 0.6 is 0 Å². The number of rotatable bonds is 8. The van der Waals surface area contributed by atoms with Crippen LogP contribution in [0.25, 0.3) is 16.9 Å². The Morgan fingerprint density at radius 2 is 1.73 bits per heavy atom. The van der Waals surface area contributed by atoms with Crippen LogP contribution in [0.4, 0.5) is 20.5 Å². The lowest BCUT2D eigenvalue weighted by atomic mass is 9.84. The van der Waals surface area contributed by atoms with Crippen LogP contribution in [0.15, 0.2) is 30.3 Å². The molecule has 0 spiro atoms. The van der Waals surface area contributed by atoms with Crippen LogP contribution in [-0.4, -0.2) is 87.1 Å². The summed E-state index contributed by atoms with van der Waals surface area (Å²) < 4.78 is 35.3. The van der Waals surface area contributed by atoms with E-state index in [1.54, 1.807) is 24.3 Å². The smallest absolute Gasteiger partial charge is 0.296 e. The minimum atomic E-state index is -2.75. The molecule has 1 aromatic carbocycles. The van der Waals surface area contributed by atoms with Gasteiger partial charge in [-0.25, -0.2) is 13.8 Å². The quantitative estimate of drug-likeness (QED) is 0.405. The van der Waals surface area contributed by atoms with Crippen molar-refractivity contribution < 1.29 is 18.6 Å². The first kappa shape index (κ1) is 28.2. The molecule has 9 nitrogen and oxygen atoms in total. The van der Waals surface area contributed by atoms with Gasteiger partial charge in [0.25, 0.3) is 6.43 Å². The molecule has 3 fully saturated rings. The van der Waals surface area contributed by atoms with Gasteiger partial charge in [0, 0.05) is 37.7 Å². The number of benzene rings is 1. The third kappa shape index (κ3) is 6.03. The van der Waals surface area contributed by atoms with Gasteiger partial charge in [-0.15, -0.1) is 0 Å². The van der Waals surface area contributed by atoms with E-state index in [4.69, 9.17) is 14.7 Å². The molecule has 2 atom stereocenters. The van der Waals surface area contributed by atoms with Gasteiger partial charge in [0.1, 0.15) is 11.6 Å². The Kier molecular flexibility index (Phi) is 8.11. The molecule has 222 valence electrons. The van der Waals surface area contributed by atoms with E-state index in [-0.39, 0.29) is 5.82 Å². The molecule has 6 rings (SSSR count). The van der Waals surface area contributed by atoms with Crippen molar-refractivity contribution in [3.05, 3.63) is 36.2 Å². The first-order valence-corrected chi connectivity index (χ1v) is 15.0. The van der Waals surface area contributed by atoms with Crippen molar-refractivity contribution in [2.75, 3.05) is 56.2 Å². The molecule has 2 aliphatic heterocycles. The van der Waals surface area contributed by atoms with Gasteiger partial charge in [-0.1, -0.05) is 18.6 Å². The van der Waals surface area contributed by atoms with E-state index in [0.717, 1.165) is 38.8 Å². The van der Waals surface area contributed by atoms with Crippen LogP contribution in [0.2, 0.25) is 0 Å². The topological polar surface area (TPSA) is 91.6 Å². The molecule has 3 aromatic rings. The molecule has 41 heavy (non-hydrogen) atoms. The Hall–Kier alpha value is -2.89. The number of hydrogen-bond donors (Lipinski definition) is 2. The van der Waals surface area contributed by atoms with Crippen LogP contribution < -0.4 is 10.2 Å². The Balaban J connectivity index is 1.21. The fourth-order valence-corrected chi connectivity index (χ4v) is 6.93. The number of fused-ring (bicyclic) bond motifs is 1. The number of nitrogens with one attached hydrogen (secondary N) is 1. The molecule has 4 heterocycles. The number of halogens is 2. The second-order valence-electron chi connectivity index (χ2n) is 12.2. The summed E-state index contributed by atoms with van der Waals surface area (Å²) >= 11 is 0. The van der Waals surface area contributed by atoms with Gasteiger partial charge in [0.2, 0.25) is 5.95 Å². The maximum atomic E-state index is 14.1. The summed E-state index contributed by atoms with van der Waals surface area (Å²) in [7, 11) is 0. The maximum Gasteiger partial charge on any atom is 0.296 e. The fourth-order valence-electron chi connectivity index (χ4n) is 6.93. The molecule has 2 unspecified atom stereocenters. The number of imidazole rings is 1. The molecule has 2 N–H and O–H groups in total. The van der Waals surface area contributed by atoms with Gasteiger partial charge in [-0.3, -0.25) is 9.47 Å². The number of morpholine rings is 1. The van der Waals surface area contributed by atoms with E-state index < -0.39 is 12.0 Å². The van der Waals surface area contributed by atoms with Gasteiger partial charge in [-0.2, -0.15) is 9.97 Å². The number of likely N-dealkylation sites (tertiary alicyclic amines) is 1. The summed E-state index contributed by atoms with van der Waals surface area (Å²) in [4.78, 5) is 18.5. The molecule has 2 saturated heterocycles. The van der Waals surface area contributed by atoms with Crippen molar-refractivity contribution in [2.45, 2.75) is 64.0 Å². The van der Waals surface area contributed by atoms with Crippen molar-refractivity contribution >= 4 is 22.8 Å². The summed E-state index contributed by atoms with van der Waals surface area (Å²) in [6, 6.07) is 9.37. The monoisotopic (exact) mass is 569 g/mol.